The van der Waals surface area contributed by atoms with Crippen LogP contribution in [0.2, 0.25) is 0 Å². The van der Waals surface area contributed by atoms with Crippen molar-refractivity contribution in [3.8, 4) is 0 Å². The van der Waals surface area contributed by atoms with E-state index in [1.807, 2.05) is 36.9 Å². The number of piperazine rings is 1. The van der Waals surface area contributed by atoms with Crippen molar-refractivity contribution in [2.75, 3.05) is 32.7 Å². The Morgan fingerprint density at radius 2 is 1.60 bits per heavy atom. The number of carbonyl (C=O) groups is 1. The first kappa shape index (κ1) is 22.5. The SMILES string of the molecule is Cc1ccc(S(=O)(=O)N2CCN(CC(=O)N[C@H](C)c3ccc(C)c(C)c3)CC2)cc1. The molecule has 0 unspecified atom stereocenters. The highest BCUT2D eigenvalue weighted by Gasteiger charge is 2.29. The molecule has 1 heterocycles. The van der Waals surface area contributed by atoms with E-state index in [4.69, 9.17) is 0 Å². The monoisotopic (exact) mass is 429 g/mol. The van der Waals surface area contributed by atoms with Crippen LogP contribution in [-0.4, -0.2) is 56.3 Å². The molecule has 0 aliphatic carbocycles. The molecule has 6 nitrogen and oxygen atoms in total. The van der Waals surface area contributed by atoms with Crippen LogP contribution in [0.5, 0.6) is 0 Å². The number of nitrogens with one attached hydrogen (secondary N) is 1. The molecule has 1 amide bonds. The van der Waals surface area contributed by atoms with Crippen LogP contribution in [0.3, 0.4) is 0 Å². The van der Waals surface area contributed by atoms with E-state index in [0.29, 0.717) is 31.1 Å². The molecular formula is C23H31N3O3S. The van der Waals surface area contributed by atoms with Gasteiger partial charge in [0, 0.05) is 26.2 Å². The maximum absolute atomic E-state index is 12.8. The van der Waals surface area contributed by atoms with Gasteiger partial charge in [0.15, 0.2) is 0 Å². The fourth-order valence-electron chi connectivity index (χ4n) is 3.59. The minimum atomic E-state index is -3.49. The molecule has 7 heteroatoms. The minimum Gasteiger partial charge on any atom is -0.348 e. The van der Waals surface area contributed by atoms with Gasteiger partial charge in [-0.15, -0.1) is 0 Å². The van der Waals surface area contributed by atoms with E-state index in [1.165, 1.54) is 15.4 Å². The van der Waals surface area contributed by atoms with Crippen molar-refractivity contribution in [2.45, 2.75) is 38.6 Å². The van der Waals surface area contributed by atoms with Crippen LogP contribution < -0.4 is 5.32 Å². The summed E-state index contributed by atoms with van der Waals surface area (Å²) >= 11 is 0. The van der Waals surface area contributed by atoms with Gasteiger partial charge in [0.05, 0.1) is 17.5 Å². The third kappa shape index (κ3) is 5.28. The first-order valence-electron chi connectivity index (χ1n) is 10.3. The van der Waals surface area contributed by atoms with E-state index in [2.05, 4.69) is 31.3 Å². The summed E-state index contributed by atoms with van der Waals surface area (Å²) < 4.78 is 27.1. The molecule has 2 aromatic rings. The number of aryl methyl sites for hydroxylation is 3. The van der Waals surface area contributed by atoms with Gasteiger partial charge in [-0.05, 0) is 56.5 Å². The van der Waals surface area contributed by atoms with Crippen LogP contribution in [0.4, 0.5) is 0 Å². The van der Waals surface area contributed by atoms with Gasteiger partial charge in [-0.3, -0.25) is 9.69 Å². The summed E-state index contributed by atoms with van der Waals surface area (Å²) in [6, 6.07) is 13.1. The normalized spacial score (nSPS) is 16.9. The molecule has 0 aromatic heterocycles. The topological polar surface area (TPSA) is 69.7 Å². The number of sulfonamides is 1. The molecule has 162 valence electrons. The van der Waals surface area contributed by atoms with E-state index < -0.39 is 10.0 Å². The first-order valence-corrected chi connectivity index (χ1v) is 11.8. The zero-order valence-corrected chi connectivity index (χ0v) is 19.0. The highest BCUT2D eigenvalue weighted by atomic mass is 32.2. The standard InChI is InChI=1S/C23H31N3O3S/c1-17-5-9-22(10-6-17)30(28,29)26-13-11-25(12-14-26)16-23(27)24-20(4)21-8-7-18(2)19(3)15-21/h5-10,15,20H,11-14,16H2,1-4H3,(H,24,27)/t20-/m1/s1. The number of benzene rings is 2. The smallest absolute Gasteiger partial charge is 0.243 e. The number of hydrogen-bond donors (Lipinski definition) is 1. The van der Waals surface area contributed by atoms with Crippen LogP contribution in [0.25, 0.3) is 0 Å². The summed E-state index contributed by atoms with van der Waals surface area (Å²) in [6.45, 7) is 10.2. The molecule has 0 saturated carbocycles. The van der Waals surface area contributed by atoms with Gasteiger partial charge in [0.1, 0.15) is 0 Å². The molecule has 1 N–H and O–H groups in total. The summed E-state index contributed by atoms with van der Waals surface area (Å²) in [7, 11) is -3.49. The van der Waals surface area contributed by atoms with Gasteiger partial charge in [-0.25, -0.2) is 8.42 Å². The Morgan fingerprint density at radius 3 is 2.20 bits per heavy atom. The second-order valence-electron chi connectivity index (χ2n) is 8.13. The molecule has 0 radical (unpaired) electrons. The zero-order valence-electron chi connectivity index (χ0n) is 18.2. The second-order valence-corrected chi connectivity index (χ2v) is 10.1. The second kappa shape index (κ2) is 9.29. The van der Waals surface area contributed by atoms with Crippen molar-refractivity contribution < 1.29 is 13.2 Å². The number of carbonyl (C=O) groups excluding carboxylic acids is 1. The van der Waals surface area contributed by atoms with Gasteiger partial charge in [0.2, 0.25) is 15.9 Å². The Labute approximate surface area is 179 Å². The summed E-state index contributed by atoms with van der Waals surface area (Å²) in [5.41, 5.74) is 4.55. The fraction of sp³-hybridized carbons (Fsp3) is 0.435. The molecule has 2 aromatic carbocycles. The number of nitrogens with zero attached hydrogens (tertiary/aromatic N) is 2. The van der Waals surface area contributed by atoms with Crippen LogP contribution >= 0.6 is 0 Å². The van der Waals surface area contributed by atoms with Crippen LogP contribution in [0, 0.1) is 20.8 Å². The van der Waals surface area contributed by atoms with Crippen molar-refractivity contribution >= 4 is 15.9 Å². The molecular weight excluding hydrogens is 398 g/mol. The Hall–Kier alpha value is -2.22. The quantitative estimate of drug-likeness (QED) is 0.767. The molecule has 1 aliphatic rings. The first-order chi connectivity index (χ1) is 14.2. The predicted molar refractivity (Wildman–Crippen MR) is 119 cm³/mol. The third-order valence-corrected chi connectivity index (χ3v) is 7.68. The van der Waals surface area contributed by atoms with Crippen molar-refractivity contribution in [2.24, 2.45) is 0 Å². The molecule has 1 saturated heterocycles. The highest BCUT2D eigenvalue weighted by Crippen LogP contribution is 2.19. The molecule has 1 atom stereocenters. The van der Waals surface area contributed by atoms with Crippen LogP contribution in [0.15, 0.2) is 47.4 Å². The van der Waals surface area contributed by atoms with Crippen molar-refractivity contribution in [3.63, 3.8) is 0 Å². The fourth-order valence-corrected chi connectivity index (χ4v) is 5.02. The lowest BCUT2D eigenvalue weighted by Crippen LogP contribution is -2.51. The molecule has 1 aliphatic heterocycles. The summed E-state index contributed by atoms with van der Waals surface area (Å²) in [5, 5.41) is 3.05. The molecule has 30 heavy (non-hydrogen) atoms. The number of hydrogen-bond acceptors (Lipinski definition) is 4. The van der Waals surface area contributed by atoms with Crippen LogP contribution in [-0.2, 0) is 14.8 Å². The van der Waals surface area contributed by atoms with Crippen molar-refractivity contribution in [1.29, 1.82) is 0 Å². The van der Waals surface area contributed by atoms with Gasteiger partial charge in [-0.2, -0.15) is 4.31 Å². The average molecular weight is 430 g/mol. The predicted octanol–water partition coefficient (Wildman–Crippen LogP) is 2.80. The van der Waals surface area contributed by atoms with Crippen molar-refractivity contribution in [1.82, 2.24) is 14.5 Å². The summed E-state index contributed by atoms with van der Waals surface area (Å²) in [6.07, 6.45) is 0. The minimum absolute atomic E-state index is 0.0458. The third-order valence-electron chi connectivity index (χ3n) is 5.77. The Morgan fingerprint density at radius 1 is 0.967 bits per heavy atom. The Balaban J connectivity index is 1.52. The lowest BCUT2D eigenvalue weighted by molar-refractivity contribution is -0.123. The van der Waals surface area contributed by atoms with Gasteiger partial charge in [0.25, 0.3) is 0 Å². The molecule has 1 fully saturated rings. The molecule has 0 bridgehead atoms. The largest absolute Gasteiger partial charge is 0.348 e. The van der Waals surface area contributed by atoms with Crippen LogP contribution in [0.1, 0.15) is 35.2 Å². The number of amides is 1. The number of rotatable bonds is 6. The average Bonchev–Trinajstić information content (AvgIpc) is 2.70. The maximum Gasteiger partial charge on any atom is 0.243 e. The Kier molecular flexibility index (Phi) is 6.95. The summed E-state index contributed by atoms with van der Waals surface area (Å²) in [5.74, 6) is -0.0458. The molecule has 0 spiro atoms. The van der Waals surface area contributed by atoms with E-state index in [1.54, 1.807) is 12.1 Å². The summed E-state index contributed by atoms with van der Waals surface area (Å²) in [4.78, 5) is 14.8. The van der Waals surface area contributed by atoms with E-state index in [0.717, 1.165) is 11.1 Å². The Bertz CT molecular complexity index is 995. The van der Waals surface area contributed by atoms with Gasteiger partial charge in [-0.1, -0.05) is 35.9 Å². The van der Waals surface area contributed by atoms with E-state index in [9.17, 15) is 13.2 Å². The van der Waals surface area contributed by atoms with E-state index in [-0.39, 0.29) is 18.5 Å². The van der Waals surface area contributed by atoms with Crippen molar-refractivity contribution in [3.05, 3.63) is 64.7 Å². The maximum atomic E-state index is 12.8. The van der Waals surface area contributed by atoms with E-state index >= 15 is 0 Å². The molecule has 3 rings (SSSR count). The van der Waals surface area contributed by atoms with Gasteiger partial charge < -0.3 is 5.32 Å². The highest BCUT2D eigenvalue weighted by molar-refractivity contribution is 7.89. The lowest BCUT2D eigenvalue weighted by atomic mass is 10.0. The zero-order chi connectivity index (χ0) is 21.9. The lowest BCUT2D eigenvalue weighted by Gasteiger charge is -2.33. The van der Waals surface area contributed by atoms with Gasteiger partial charge >= 0.3 is 0 Å².